The maximum Gasteiger partial charge on any atom is 0.326 e. The van der Waals surface area contributed by atoms with Crippen LogP contribution < -0.4 is 5.32 Å². The summed E-state index contributed by atoms with van der Waals surface area (Å²) in [6.07, 6.45) is 0. The molecule has 12 heavy (non-hydrogen) atoms. The highest BCUT2D eigenvalue weighted by Crippen LogP contribution is 2.13. The van der Waals surface area contributed by atoms with Crippen LogP contribution in [0.4, 0.5) is 4.79 Å². The lowest BCUT2D eigenvalue weighted by Gasteiger charge is -2.19. The van der Waals surface area contributed by atoms with Crippen molar-refractivity contribution in [3.63, 3.8) is 0 Å². The molecule has 1 atom stereocenters. The summed E-state index contributed by atoms with van der Waals surface area (Å²) in [5.74, 6) is 0. The Hall–Kier alpha value is -0.840. The van der Waals surface area contributed by atoms with E-state index in [1.54, 1.807) is 23.9 Å². The maximum absolute atomic E-state index is 11.4. The highest BCUT2D eigenvalue weighted by atomic mass is 32.1. The van der Waals surface area contributed by atoms with Crippen molar-refractivity contribution in [3.8, 4) is 0 Å². The molecule has 0 aromatic carbocycles. The Morgan fingerprint density at radius 1 is 1.75 bits per heavy atom. The highest BCUT2D eigenvalue weighted by molar-refractivity contribution is 7.80. The monoisotopic (exact) mass is 187 g/mol. The number of thiocarbonyl (C=S) groups is 1. The Morgan fingerprint density at radius 3 is 2.67 bits per heavy atom. The number of carbonyl (C=O) groups is 1. The summed E-state index contributed by atoms with van der Waals surface area (Å²) in [5.41, 5.74) is 0. The minimum atomic E-state index is -0.0261. The molecular formula is C7H13N3OS. The Kier molecular flexibility index (Phi) is 2.52. The second kappa shape index (κ2) is 3.26. The number of rotatable bonds is 0. The molecule has 1 aliphatic heterocycles. The lowest BCUT2D eigenvalue weighted by atomic mass is 10.3. The standard InChI is InChI=1S/C7H13N3OS/c1-5-4-9(3)7(11)10(5)6(12)8-2/h5H,4H2,1-3H3,(H,8,12). The van der Waals surface area contributed by atoms with Gasteiger partial charge in [0.15, 0.2) is 5.11 Å². The molecule has 1 N–H and O–H groups in total. The molecule has 0 aromatic rings. The summed E-state index contributed by atoms with van der Waals surface area (Å²) in [7, 11) is 3.50. The van der Waals surface area contributed by atoms with E-state index in [9.17, 15) is 4.79 Å². The van der Waals surface area contributed by atoms with Crippen molar-refractivity contribution in [2.24, 2.45) is 0 Å². The largest absolute Gasteiger partial charge is 0.365 e. The number of nitrogens with one attached hydrogen (secondary N) is 1. The van der Waals surface area contributed by atoms with Gasteiger partial charge in [-0.3, -0.25) is 4.90 Å². The molecule has 4 nitrogen and oxygen atoms in total. The van der Waals surface area contributed by atoms with Crippen LogP contribution in [0.25, 0.3) is 0 Å². The molecular weight excluding hydrogens is 174 g/mol. The van der Waals surface area contributed by atoms with Gasteiger partial charge < -0.3 is 10.2 Å². The SMILES string of the molecule is CNC(=S)N1C(=O)N(C)CC1C. The molecule has 1 rings (SSSR count). The van der Waals surface area contributed by atoms with Crippen molar-refractivity contribution in [2.75, 3.05) is 20.6 Å². The van der Waals surface area contributed by atoms with E-state index in [2.05, 4.69) is 5.32 Å². The molecule has 68 valence electrons. The van der Waals surface area contributed by atoms with Crippen molar-refractivity contribution in [2.45, 2.75) is 13.0 Å². The van der Waals surface area contributed by atoms with Crippen molar-refractivity contribution in [3.05, 3.63) is 0 Å². The summed E-state index contributed by atoms with van der Waals surface area (Å²) in [6.45, 7) is 2.71. The number of urea groups is 1. The third kappa shape index (κ3) is 1.36. The van der Waals surface area contributed by atoms with Crippen LogP contribution in [0.2, 0.25) is 0 Å². The average molecular weight is 187 g/mol. The third-order valence-corrected chi connectivity index (χ3v) is 2.34. The van der Waals surface area contributed by atoms with Gasteiger partial charge in [-0.25, -0.2) is 4.79 Å². The topological polar surface area (TPSA) is 35.6 Å². The molecule has 0 saturated carbocycles. The van der Waals surface area contributed by atoms with Crippen LogP contribution >= 0.6 is 12.2 Å². The van der Waals surface area contributed by atoms with Crippen molar-refractivity contribution in [1.82, 2.24) is 15.1 Å². The van der Waals surface area contributed by atoms with E-state index >= 15 is 0 Å². The zero-order valence-corrected chi connectivity index (χ0v) is 8.31. The molecule has 0 aromatic heterocycles. The fourth-order valence-corrected chi connectivity index (χ4v) is 1.59. The van der Waals surface area contributed by atoms with E-state index in [1.165, 1.54) is 0 Å². The molecule has 5 heteroatoms. The van der Waals surface area contributed by atoms with Gasteiger partial charge in [0.25, 0.3) is 0 Å². The Morgan fingerprint density at radius 2 is 2.33 bits per heavy atom. The van der Waals surface area contributed by atoms with Crippen molar-refractivity contribution >= 4 is 23.4 Å². The molecule has 0 radical (unpaired) electrons. The number of carbonyl (C=O) groups excluding carboxylic acids is 1. The number of nitrogens with zero attached hydrogens (tertiary/aromatic N) is 2. The number of hydrogen-bond acceptors (Lipinski definition) is 2. The summed E-state index contributed by atoms with van der Waals surface area (Å²) < 4.78 is 0. The normalized spacial score (nSPS) is 23.2. The predicted octanol–water partition coefficient (Wildman–Crippen LogP) is 0.247. The number of hydrogen-bond donors (Lipinski definition) is 1. The summed E-state index contributed by atoms with van der Waals surface area (Å²) in [5, 5.41) is 3.30. The molecule has 1 heterocycles. The van der Waals surface area contributed by atoms with Crippen LogP contribution in [0.5, 0.6) is 0 Å². The fourth-order valence-electron chi connectivity index (χ4n) is 1.34. The highest BCUT2D eigenvalue weighted by Gasteiger charge is 2.34. The fraction of sp³-hybridized carbons (Fsp3) is 0.714. The molecule has 0 spiro atoms. The van der Waals surface area contributed by atoms with E-state index in [0.29, 0.717) is 5.11 Å². The molecule has 1 fully saturated rings. The molecule has 2 amide bonds. The van der Waals surface area contributed by atoms with Crippen LogP contribution in [0.1, 0.15) is 6.92 Å². The van der Waals surface area contributed by atoms with Gasteiger partial charge in [0.05, 0.1) is 6.04 Å². The average Bonchev–Trinajstić information content (AvgIpc) is 2.26. The number of likely N-dealkylation sites (N-methyl/N-ethyl adjacent to an activating group) is 1. The van der Waals surface area contributed by atoms with E-state index in [0.717, 1.165) is 6.54 Å². The van der Waals surface area contributed by atoms with E-state index in [-0.39, 0.29) is 12.1 Å². The van der Waals surface area contributed by atoms with Crippen LogP contribution in [0.15, 0.2) is 0 Å². The van der Waals surface area contributed by atoms with Gasteiger partial charge >= 0.3 is 6.03 Å². The van der Waals surface area contributed by atoms with Crippen LogP contribution in [0, 0.1) is 0 Å². The predicted molar refractivity (Wildman–Crippen MR) is 51.0 cm³/mol. The summed E-state index contributed by atoms with van der Waals surface area (Å²) >= 11 is 4.99. The molecule has 1 saturated heterocycles. The van der Waals surface area contributed by atoms with Crippen molar-refractivity contribution < 1.29 is 4.79 Å². The van der Waals surface area contributed by atoms with Gasteiger partial charge in [0.2, 0.25) is 0 Å². The maximum atomic E-state index is 11.4. The van der Waals surface area contributed by atoms with Crippen LogP contribution in [-0.4, -0.2) is 47.6 Å². The first-order valence-corrected chi connectivity index (χ1v) is 4.24. The lowest BCUT2D eigenvalue weighted by Crippen LogP contribution is -2.43. The first-order valence-electron chi connectivity index (χ1n) is 3.84. The van der Waals surface area contributed by atoms with Gasteiger partial charge in [-0.1, -0.05) is 0 Å². The quantitative estimate of drug-likeness (QED) is 0.552. The van der Waals surface area contributed by atoms with Crippen LogP contribution in [-0.2, 0) is 0 Å². The zero-order chi connectivity index (χ0) is 9.30. The molecule has 0 bridgehead atoms. The van der Waals surface area contributed by atoms with Gasteiger partial charge in [0.1, 0.15) is 0 Å². The number of amides is 2. The molecule has 1 aliphatic rings. The first-order chi connectivity index (χ1) is 5.57. The molecule has 1 unspecified atom stereocenters. The van der Waals surface area contributed by atoms with E-state index < -0.39 is 0 Å². The van der Waals surface area contributed by atoms with Gasteiger partial charge in [-0.05, 0) is 19.1 Å². The minimum absolute atomic E-state index is 0.0261. The van der Waals surface area contributed by atoms with E-state index in [4.69, 9.17) is 12.2 Å². The van der Waals surface area contributed by atoms with E-state index in [1.807, 2.05) is 6.92 Å². The molecule has 0 aliphatic carbocycles. The lowest BCUT2D eigenvalue weighted by molar-refractivity contribution is 0.211. The second-order valence-electron chi connectivity index (χ2n) is 2.94. The first kappa shape index (κ1) is 9.25. The summed E-state index contributed by atoms with van der Waals surface area (Å²) in [6, 6.07) is 0.143. The van der Waals surface area contributed by atoms with Gasteiger partial charge in [-0.2, -0.15) is 0 Å². The Labute approximate surface area is 77.5 Å². The minimum Gasteiger partial charge on any atom is -0.365 e. The Bertz CT molecular complexity index is 219. The zero-order valence-electron chi connectivity index (χ0n) is 7.50. The third-order valence-electron chi connectivity index (χ3n) is 1.94. The van der Waals surface area contributed by atoms with Gasteiger partial charge in [-0.15, -0.1) is 0 Å². The van der Waals surface area contributed by atoms with Gasteiger partial charge in [0, 0.05) is 20.6 Å². The Balaban J connectivity index is 2.76. The smallest absolute Gasteiger partial charge is 0.326 e. The summed E-state index contributed by atoms with van der Waals surface area (Å²) in [4.78, 5) is 14.7. The van der Waals surface area contributed by atoms with Crippen LogP contribution in [0.3, 0.4) is 0 Å². The van der Waals surface area contributed by atoms with Crippen molar-refractivity contribution in [1.29, 1.82) is 0 Å². The second-order valence-corrected chi connectivity index (χ2v) is 3.32.